The summed E-state index contributed by atoms with van der Waals surface area (Å²) >= 11 is 0. The molecule has 2 rings (SSSR count). The minimum atomic E-state index is -3.62. The normalized spacial score (nSPS) is 12.5. The molecule has 0 aliphatic heterocycles. The number of nitrogens with one attached hydrogen (secondary N) is 1. The lowest BCUT2D eigenvalue weighted by Gasteiger charge is -2.28. The number of amides is 1. The van der Waals surface area contributed by atoms with E-state index in [4.69, 9.17) is 4.74 Å². The van der Waals surface area contributed by atoms with Crippen LogP contribution in [0.15, 0.2) is 42.5 Å². The maximum Gasteiger partial charge on any atom is 0.243 e. The van der Waals surface area contributed by atoms with Gasteiger partial charge in [-0.05, 0) is 88.4 Å². The van der Waals surface area contributed by atoms with Crippen LogP contribution < -0.4 is 14.4 Å². The second kappa shape index (κ2) is 10.7. The molecule has 0 radical (unpaired) electrons. The van der Waals surface area contributed by atoms with Crippen LogP contribution in [-0.2, 0) is 21.2 Å². The van der Waals surface area contributed by atoms with E-state index in [1.807, 2.05) is 58.0 Å². The molecule has 0 saturated carbocycles. The summed E-state index contributed by atoms with van der Waals surface area (Å²) in [6.07, 6.45) is 2.83. The van der Waals surface area contributed by atoms with Crippen LogP contribution in [0.2, 0.25) is 0 Å². The molecule has 0 aliphatic carbocycles. The van der Waals surface area contributed by atoms with Crippen LogP contribution >= 0.6 is 0 Å². The first-order valence-electron chi connectivity index (χ1n) is 10.6. The molecule has 2 aromatic rings. The zero-order chi connectivity index (χ0) is 23.2. The molecule has 7 heteroatoms. The van der Waals surface area contributed by atoms with Gasteiger partial charge < -0.3 is 10.1 Å². The summed E-state index contributed by atoms with van der Waals surface area (Å²) in [6.45, 7) is 9.94. The van der Waals surface area contributed by atoms with Gasteiger partial charge in [0.1, 0.15) is 11.8 Å². The maximum absolute atomic E-state index is 12.7. The fourth-order valence-corrected chi connectivity index (χ4v) is 4.50. The highest BCUT2D eigenvalue weighted by atomic mass is 32.2. The Balaban J connectivity index is 1.94. The molecule has 1 atom stereocenters. The summed E-state index contributed by atoms with van der Waals surface area (Å²) in [4.78, 5) is 12.7. The zero-order valence-corrected chi connectivity index (χ0v) is 20.1. The van der Waals surface area contributed by atoms with Crippen LogP contribution in [0.3, 0.4) is 0 Å². The lowest BCUT2D eigenvalue weighted by molar-refractivity contribution is -0.121. The average Bonchev–Trinajstić information content (AvgIpc) is 2.67. The van der Waals surface area contributed by atoms with Crippen molar-refractivity contribution in [1.82, 2.24) is 5.32 Å². The van der Waals surface area contributed by atoms with Crippen LogP contribution in [0.25, 0.3) is 0 Å². The first kappa shape index (κ1) is 24.7. The van der Waals surface area contributed by atoms with Gasteiger partial charge in [-0.1, -0.05) is 18.2 Å². The van der Waals surface area contributed by atoms with Gasteiger partial charge in [0.15, 0.2) is 0 Å². The molecular weight excluding hydrogens is 412 g/mol. The summed E-state index contributed by atoms with van der Waals surface area (Å²) in [5, 5.41) is 2.87. The van der Waals surface area contributed by atoms with E-state index in [9.17, 15) is 13.2 Å². The van der Waals surface area contributed by atoms with Crippen LogP contribution in [0.4, 0.5) is 5.69 Å². The van der Waals surface area contributed by atoms with Crippen molar-refractivity contribution in [3.8, 4) is 5.75 Å². The van der Waals surface area contributed by atoms with Gasteiger partial charge in [-0.25, -0.2) is 8.42 Å². The van der Waals surface area contributed by atoms with E-state index < -0.39 is 16.1 Å². The first-order chi connectivity index (χ1) is 14.5. The van der Waals surface area contributed by atoms with Crippen LogP contribution in [0.1, 0.15) is 43.9 Å². The number of carbonyl (C=O) groups excluding carboxylic acids is 1. The SMILES string of the molecule is Cc1ccc(N([C@@H](C)C(=O)NCCCc2ccc(OC(C)C)cc2)S(C)(=O)=O)cc1C. The summed E-state index contributed by atoms with van der Waals surface area (Å²) in [7, 11) is -3.62. The van der Waals surface area contributed by atoms with Gasteiger partial charge in [-0.3, -0.25) is 9.10 Å². The first-order valence-corrected chi connectivity index (χ1v) is 12.4. The summed E-state index contributed by atoms with van der Waals surface area (Å²) in [5.41, 5.74) is 3.70. The van der Waals surface area contributed by atoms with Gasteiger partial charge in [0.2, 0.25) is 15.9 Å². The number of hydrogen-bond donors (Lipinski definition) is 1. The highest BCUT2D eigenvalue weighted by molar-refractivity contribution is 7.92. The van der Waals surface area contributed by atoms with Crippen molar-refractivity contribution in [2.75, 3.05) is 17.1 Å². The van der Waals surface area contributed by atoms with E-state index in [-0.39, 0.29) is 12.0 Å². The van der Waals surface area contributed by atoms with Gasteiger partial charge >= 0.3 is 0 Å². The number of aryl methyl sites for hydroxylation is 3. The third-order valence-corrected chi connectivity index (χ3v) is 6.31. The van der Waals surface area contributed by atoms with E-state index in [1.54, 1.807) is 19.1 Å². The predicted octanol–water partition coefficient (Wildman–Crippen LogP) is 3.99. The minimum absolute atomic E-state index is 0.137. The Morgan fingerprint density at radius 1 is 1.03 bits per heavy atom. The molecule has 0 heterocycles. The topological polar surface area (TPSA) is 75.7 Å². The Bertz CT molecular complexity index is 985. The number of anilines is 1. The summed E-state index contributed by atoms with van der Waals surface area (Å²) in [5.74, 6) is 0.525. The van der Waals surface area contributed by atoms with Crippen molar-refractivity contribution in [3.63, 3.8) is 0 Å². The molecule has 0 saturated heterocycles. The Kier molecular flexibility index (Phi) is 8.51. The van der Waals surface area contributed by atoms with E-state index in [1.165, 1.54) is 4.31 Å². The van der Waals surface area contributed by atoms with Crippen molar-refractivity contribution >= 4 is 21.6 Å². The Morgan fingerprint density at radius 2 is 1.68 bits per heavy atom. The molecule has 31 heavy (non-hydrogen) atoms. The number of hydrogen-bond acceptors (Lipinski definition) is 4. The van der Waals surface area contributed by atoms with E-state index in [0.717, 1.165) is 41.5 Å². The summed E-state index contributed by atoms with van der Waals surface area (Å²) in [6, 6.07) is 12.5. The largest absolute Gasteiger partial charge is 0.491 e. The molecule has 2 aromatic carbocycles. The maximum atomic E-state index is 12.7. The van der Waals surface area contributed by atoms with Gasteiger partial charge in [-0.15, -0.1) is 0 Å². The van der Waals surface area contributed by atoms with Crippen molar-refractivity contribution in [2.45, 2.75) is 59.6 Å². The number of nitrogens with zero attached hydrogens (tertiary/aromatic N) is 1. The Labute approximate surface area is 186 Å². The van der Waals surface area contributed by atoms with E-state index in [0.29, 0.717) is 12.2 Å². The number of carbonyl (C=O) groups is 1. The fourth-order valence-electron chi connectivity index (χ4n) is 3.33. The monoisotopic (exact) mass is 446 g/mol. The van der Waals surface area contributed by atoms with E-state index in [2.05, 4.69) is 5.32 Å². The fraction of sp³-hybridized carbons (Fsp3) is 0.458. The Morgan fingerprint density at radius 3 is 2.23 bits per heavy atom. The molecule has 1 N–H and O–H groups in total. The molecule has 170 valence electrons. The van der Waals surface area contributed by atoms with Gasteiger partial charge in [0.25, 0.3) is 0 Å². The molecular formula is C24H34N2O4S. The van der Waals surface area contributed by atoms with Crippen LogP contribution in [0, 0.1) is 13.8 Å². The minimum Gasteiger partial charge on any atom is -0.491 e. The van der Waals surface area contributed by atoms with Crippen molar-refractivity contribution in [2.24, 2.45) is 0 Å². The average molecular weight is 447 g/mol. The molecule has 0 spiro atoms. The van der Waals surface area contributed by atoms with Crippen molar-refractivity contribution in [1.29, 1.82) is 0 Å². The molecule has 0 fully saturated rings. The quantitative estimate of drug-likeness (QED) is 0.560. The Hall–Kier alpha value is -2.54. The molecule has 6 nitrogen and oxygen atoms in total. The molecule has 0 bridgehead atoms. The van der Waals surface area contributed by atoms with Crippen molar-refractivity contribution in [3.05, 3.63) is 59.2 Å². The lowest BCUT2D eigenvalue weighted by Crippen LogP contribution is -2.48. The standard InChI is InChI=1S/C24H34N2O4S/c1-17(2)30-23-13-10-21(11-14-23)8-7-15-25-24(27)20(5)26(31(6,28)29)22-12-9-18(3)19(4)16-22/h9-14,16-17,20H,7-8,15H2,1-6H3,(H,25,27)/t20-/m0/s1. The second-order valence-corrected chi connectivity index (χ2v) is 10.1. The molecule has 0 unspecified atom stereocenters. The van der Waals surface area contributed by atoms with Gasteiger partial charge in [0, 0.05) is 6.54 Å². The number of sulfonamides is 1. The number of ether oxygens (including phenoxy) is 1. The van der Waals surface area contributed by atoms with Crippen LogP contribution in [-0.4, -0.2) is 39.3 Å². The summed E-state index contributed by atoms with van der Waals surface area (Å²) < 4.78 is 31.7. The number of rotatable bonds is 10. The molecule has 0 aliphatic rings. The zero-order valence-electron chi connectivity index (χ0n) is 19.3. The van der Waals surface area contributed by atoms with Gasteiger partial charge in [-0.2, -0.15) is 0 Å². The predicted molar refractivity (Wildman–Crippen MR) is 126 cm³/mol. The third kappa shape index (κ3) is 7.28. The van der Waals surface area contributed by atoms with E-state index >= 15 is 0 Å². The molecule has 1 amide bonds. The van der Waals surface area contributed by atoms with Gasteiger partial charge in [0.05, 0.1) is 18.0 Å². The highest BCUT2D eigenvalue weighted by Crippen LogP contribution is 2.23. The highest BCUT2D eigenvalue weighted by Gasteiger charge is 2.29. The lowest BCUT2D eigenvalue weighted by atomic mass is 10.1. The van der Waals surface area contributed by atoms with Crippen LogP contribution in [0.5, 0.6) is 5.75 Å². The smallest absolute Gasteiger partial charge is 0.243 e. The van der Waals surface area contributed by atoms with Crippen molar-refractivity contribution < 1.29 is 17.9 Å². The third-order valence-electron chi connectivity index (χ3n) is 5.07. The number of benzene rings is 2. The second-order valence-electron chi connectivity index (χ2n) is 8.21. The molecule has 0 aromatic heterocycles.